The summed E-state index contributed by atoms with van der Waals surface area (Å²) < 4.78 is 23.5. The molecule has 27 heavy (non-hydrogen) atoms. The molecule has 1 aromatic carbocycles. The van der Waals surface area contributed by atoms with Gasteiger partial charge < -0.3 is 4.90 Å². The number of carbonyl (C=O) groups excluding carboxylic acids is 1. The number of aryl methyl sites for hydroxylation is 1. The number of nitrogens with one attached hydrogen (secondary N) is 1. The van der Waals surface area contributed by atoms with E-state index in [1.807, 2.05) is 38.1 Å². The lowest BCUT2D eigenvalue weighted by molar-refractivity contribution is -0.131. The van der Waals surface area contributed by atoms with E-state index in [0.717, 1.165) is 5.56 Å². The molecule has 1 aliphatic heterocycles. The maximum absolute atomic E-state index is 12.8. The first kappa shape index (κ1) is 19.9. The third-order valence-corrected chi connectivity index (χ3v) is 7.39. The molecule has 0 unspecified atom stereocenters. The standard InChI is InChI=1S/C18H24N4O3S2/c1-4-22(15-9-10-27(24,25)11-15)17(23)13(3)26-18-19-16(20-21-18)14-7-5-12(2)6-8-14/h5-8,13,15H,4,9-11H2,1-3H3,(H,19,20,21)/t13-,15+/m1/s1. The predicted octanol–water partition coefficient (Wildman–Crippen LogP) is 2.30. The highest BCUT2D eigenvalue weighted by molar-refractivity contribution is 8.00. The maximum Gasteiger partial charge on any atom is 0.236 e. The number of sulfone groups is 1. The summed E-state index contributed by atoms with van der Waals surface area (Å²) in [6, 6.07) is 7.72. The van der Waals surface area contributed by atoms with Gasteiger partial charge in [-0.05, 0) is 27.2 Å². The molecule has 0 bridgehead atoms. The number of aromatic amines is 1. The van der Waals surface area contributed by atoms with Gasteiger partial charge in [-0.1, -0.05) is 41.6 Å². The Hall–Kier alpha value is -1.87. The molecule has 0 aliphatic carbocycles. The van der Waals surface area contributed by atoms with E-state index in [2.05, 4.69) is 15.2 Å². The first-order valence-corrected chi connectivity index (χ1v) is 11.7. The number of thioether (sulfide) groups is 1. The molecular formula is C18H24N4O3S2. The van der Waals surface area contributed by atoms with Gasteiger partial charge in [0.05, 0.1) is 16.8 Å². The fourth-order valence-corrected chi connectivity index (χ4v) is 5.72. The van der Waals surface area contributed by atoms with Crippen molar-refractivity contribution in [1.82, 2.24) is 20.1 Å². The second-order valence-corrected chi connectivity index (χ2v) is 10.3. The van der Waals surface area contributed by atoms with Crippen LogP contribution in [-0.2, 0) is 14.6 Å². The van der Waals surface area contributed by atoms with Crippen LogP contribution in [0.2, 0.25) is 0 Å². The van der Waals surface area contributed by atoms with E-state index in [9.17, 15) is 13.2 Å². The van der Waals surface area contributed by atoms with Crippen LogP contribution in [0.5, 0.6) is 0 Å². The molecule has 3 rings (SSSR count). The highest BCUT2D eigenvalue weighted by atomic mass is 32.2. The summed E-state index contributed by atoms with van der Waals surface area (Å²) in [6.45, 7) is 6.20. The van der Waals surface area contributed by atoms with Crippen LogP contribution in [0.25, 0.3) is 11.4 Å². The van der Waals surface area contributed by atoms with Gasteiger partial charge in [0, 0.05) is 18.2 Å². The van der Waals surface area contributed by atoms with E-state index in [0.29, 0.717) is 23.9 Å². The lowest BCUT2D eigenvalue weighted by Gasteiger charge is -2.29. The average molecular weight is 409 g/mol. The molecular weight excluding hydrogens is 384 g/mol. The first-order valence-electron chi connectivity index (χ1n) is 8.96. The zero-order valence-electron chi connectivity index (χ0n) is 15.7. The van der Waals surface area contributed by atoms with Crippen LogP contribution in [0.3, 0.4) is 0 Å². The second-order valence-electron chi connectivity index (χ2n) is 6.77. The van der Waals surface area contributed by atoms with E-state index in [1.54, 1.807) is 11.8 Å². The number of H-pyrrole nitrogens is 1. The molecule has 2 aromatic rings. The molecule has 1 amide bonds. The Morgan fingerprint density at radius 2 is 2.07 bits per heavy atom. The maximum atomic E-state index is 12.8. The number of hydrogen-bond acceptors (Lipinski definition) is 6. The molecule has 1 N–H and O–H groups in total. The van der Waals surface area contributed by atoms with Gasteiger partial charge in [0.1, 0.15) is 0 Å². The Labute approximate surface area is 163 Å². The SMILES string of the molecule is CCN(C(=O)[C@@H](C)Sc1n[nH]c(-c2ccc(C)cc2)n1)[C@H]1CCS(=O)(=O)C1. The summed E-state index contributed by atoms with van der Waals surface area (Å²) in [7, 11) is -3.03. The minimum atomic E-state index is -3.03. The van der Waals surface area contributed by atoms with Crippen molar-refractivity contribution in [3.63, 3.8) is 0 Å². The van der Waals surface area contributed by atoms with Crippen molar-refractivity contribution < 1.29 is 13.2 Å². The molecule has 9 heteroatoms. The number of aromatic nitrogens is 3. The van der Waals surface area contributed by atoms with Crippen molar-refractivity contribution >= 4 is 27.5 Å². The summed E-state index contributed by atoms with van der Waals surface area (Å²) in [5.74, 6) is 0.795. The molecule has 2 atom stereocenters. The van der Waals surface area contributed by atoms with Crippen LogP contribution in [0.1, 0.15) is 25.8 Å². The lowest BCUT2D eigenvalue weighted by Crippen LogP contribution is -2.44. The Kier molecular flexibility index (Phi) is 5.90. The van der Waals surface area contributed by atoms with Crippen molar-refractivity contribution in [2.24, 2.45) is 0 Å². The molecule has 1 aromatic heterocycles. The van der Waals surface area contributed by atoms with Crippen LogP contribution in [0, 0.1) is 6.92 Å². The molecule has 0 saturated carbocycles. The predicted molar refractivity (Wildman–Crippen MR) is 106 cm³/mol. The second kappa shape index (κ2) is 8.02. The highest BCUT2D eigenvalue weighted by Crippen LogP contribution is 2.26. The Morgan fingerprint density at radius 3 is 2.67 bits per heavy atom. The Morgan fingerprint density at radius 1 is 1.37 bits per heavy atom. The van der Waals surface area contributed by atoms with Gasteiger partial charge in [-0.2, -0.15) is 0 Å². The number of amides is 1. The van der Waals surface area contributed by atoms with E-state index in [4.69, 9.17) is 0 Å². The quantitative estimate of drug-likeness (QED) is 0.737. The van der Waals surface area contributed by atoms with Crippen molar-refractivity contribution in [2.45, 2.75) is 43.6 Å². The summed E-state index contributed by atoms with van der Waals surface area (Å²) in [4.78, 5) is 19.0. The summed E-state index contributed by atoms with van der Waals surface area (Å²) in [5.41, 5.74) is 2.10. The van der Waals surface area contributed by atoms with Crippen LogP contribution in [-0.4, -0.2) is 63.7 Å². The monoisotopic (exact) mass is 408 g/mol. The number of rotatable bonds is 6. The third-order valence-electron chi connectivity index (χ3n) is 4.69. The first-order chi connectivity index (χ1) is 12.8. The van der Waals surface area contributed by atoms with Crippen LogP contribution in [0.4, 0.5) is 0 Å². The minimum Gasteiger partial charge on any atom is -0.338 e. The van der Waals surface area contributed by atoms with E-state index in [1.165, 1.54) is 17.3 Å². The van der Waals surface area contributed by atoms with Gasteiger partial charge in [-0.15, -0.1) is 5.10 Å². The largest absolute Gasteiger partial charge is 0.338 e. The molecule has 0 radical (unpaired) electrons. The Balaban J connectivity index is 1.66. The number of benzene rings is 1. The molecule has 146 valence electrons. The average Bonchev–Trinajstić information content (AvgIpc) is 3.22. The van der Waals surface area contributed by atoms with E-state index in [-0.39, 0.29) is 23.5 Å². The molecule has 1 aliphatic rings. The zero-order chi connectivity index (χ0) is 19.6. The molecule has 0 spiro atoms. The molecule has 1 saturated heterocycles. The number of nitrogens with zero attached hydrogens (tertiary/aromatic N) is 3. The van der Waals surface area contributed by atoms with Gasteiger partial charge in [-0.25, -0.2) is 13.4 Å². The van der Waals surface area contributed by atoms with Crippen molar-refractivity contribution in [3.05, 3.63) is 29.8 Å². The van der Waals surface area contributed by atoms with E-state index >= 15 is 0 Å². The van der Waals surface area contributed by atoms with Crippen molar-refractivity contribution in [2.75, 3.05) is 18.1 Å². The van der Waals surface area contributed by atoms with Crippen LogP contribution >= 0.6 is 11.8 Å². The molecule has 2 heterocycles. The molecule has 7 nitrogen and oxygen atoms in total. The fraction of sp³-hybridized carbons (Fsp3) is 0.500. The number of carbonyl (C=O) groups is 1. The van der Waals surface area contributed by atoms with Crippen LogP contribution < -0.4 is 0 Å². The van der Waals surface area contributed by atoms with Gasteiger partial charge in [0.25, 0.3) is 0 Å². The summed E-state index contributed by atoms with van der Waals surface area (Å²) in [6.07, 6.45) is 0.511. The zero-order valence-corrected chi connectivity index (χ0v) is 17.3. The minimum absolute atomic E-state index is 0.0577. The summed E-state index contributed by atoms with van der Waals surface area (Å²) >= 11 is 1.28. The molecule has 1 fully saturated rings. The highest BCUT2D eigenvalue weighted by Gasteiger charge is 2.35. The fourth-order valence-electron chi connectivity index (χ4n) is 3.20. The van der Waals surface area contributed by atoms with Gasteiger partial charge >= 0.3 is 0 Å². The normalized spacial score (nSPS) is 19.7. The van der Waals surface area contributed by atoms with Gasteiger partial charge in [0.15, 0.2) is 15.7 Å². The third kappa shape index (κ3) is 4.70. The smallest absolute Gasteiger partial charge is 0.236 e. The van der Waals surface area contributed by atoms with Gasteiger partial charge in [0.2, 0.25) is 11.1 Å². The van der Waals surface area contributed by atoms with Gasteiger partial charge in [-0.3, -0.25) is 9.89 Å². The number of hydrogen-bond donors (Lipinski definition) is 1. The van der Waals surface area contributed by atoms with Crippen LogP contribution in [0.15, 0.2) is 29.4 Å². The Bertz CT molecular complexity index is 909. The lowest BCUT2D eigenvalue weighted by atomic mass is 10.1. The topological polar surface area (TPSA) is 96.0 Å². The van der Waals surface area contributed by atoms with Crippen molar-refractivity contribution in [3.8, 4) is 11.4 Å². The summed E-state index contributed by atoms with van der Waals surface area (Å²) in [5, 5.41) is 7.22. The van der Waals surface area contributed by atoms with Crippen molar-refractivity contribution in [1.29, 1.82) is 0 Å². The van der Waals surface area contributed by atoms with E-state index < -0.39 is 15.1 Å².